The second-order valence-corrected chi connectivity index (χ2v) is 5.61. The molecule has 2 unspecified atom stereocenters. The van der Waals surface area contributed by atoms with Crippen molar-refractivity contribution in [2.45, 2.75) is 26.2 Å². The van der Waals surface area contributed by atoms with Crippen LogP contribution in [0.5, 0.6) is 0 Å². The Kier molecular flexibility index (Phi) is 3.23. The van der Waals surface area contributed by atoms with Gasteiger partial charge in [-0.25, -0.2) is 9.97 Å². The fraction of sp³-hybridized carbons (Fsp3) is 0.467. The van der Waals surface area contributed by atoms with Crippen LogP contribution in [0.1, 0.15) is 26.2 Å². The molecule has 0 amide bonds. The van der Waals surface area contributed by atoms with Crippen LogP contribution in [0.4, 0.5) is 11.6 Å². The van der Waals surface area contributed by atoms with E-state index in [0.29, 0.717) is 5.82 Å². The minimum atomic E-state index is 0.491. The van der Waals surface area contributed by atoms with E-state index in [1.807, 2.05) is 24.3 Å². The van der Waals surface area contributed by atoms with Crippen molar-refractivity contribution in [3.63, 3.8) is 0 Å². The molecule has 1 fully saturated rings. The van der Waals surface area contributed by atoms with Crippen LogP contribution < -0.4 is 11.1 Å². The summed E-state index contributed by atoms with van der Waals surface area (Å²) in [5.74, 6) is 2.80. The lowest BCUT2D eigenvalue weighted by Gasteiger charge is -2.13. The molecule has 1 aromatic heterocycles. The van der Waals surface area contributed by atoms with Gasteiger partial charge in [0.15, 0.2) is 11.6 Å². The molecule has 0 spiro atoms. The van der Waals surface area contributed by atoms with Crippen molar-refractivity contribution in [2.75, 3.05) is 17.6 Å². The van der Waals surface area contributed by atoms with Gasteiger partial charge in [-0.1, -0.05) is 25.5 Å². The van der Waals surface area contributed by atoms with Crippen LogP contribution in [0.3, 0.4) is 0 Å². The van der Waals surface area contributed by atoms with Gasteiger partial charge in [0.1, 0.15) is 0 Å². The van der Waals surface area contributed by atoms with E-state index in [-0.39, 0.29) is 0 Å². The first-order valence-corrected chi connectivity index (χ1v) is 6.98. The molecule has 1 aromatic carbocycles. The van der Waals surface area contributed by atoms with E-state index in [0.717, 1.165) is 35.2 Å². The first-order chi connectivity index (χ1) is 9.22. The fourth-order valence-electron chi connectivity index (χ4n) is 2.90. The van der Waals surface area contributed by atoms with Gasteiger partial charge in [0.2, 0.25) is 0 Å². The van der Waals surface area contributed by atoms with E-state index < -0.39 is 0 Å². The maximum absolute atomic E-state index is 5.96. The molecule has 2 aromatic rings. The Bertz CT molecular complexity index is 581. The van der Waals surface area contributed by atoms with Crippen molar-refractivity contribution in [1.29, 1.82) is 0 Å². The molecule has 0 aliphatic heterocycles. The predicted molar refractivity (Wildman–Crippen MR) is 78.9 cm³/mol. The first-order valence-electron chi connectivity index (χ1n) is 6.98. The average Bonchev–Trinajstić information content (AvgIpc) is 2.82. The molecule has 1 aliphatic rings. The summed E-state index contributed by atoms with van der Waals surface area (Å²) in [7, 11) is 0. The summed E-state index contributed by atoms with van der Waals surface area (Å²) in [6, 6.07) is 7.81. The monoisotopic (exact) mass is 256 g/mol. The summed E-state index contributed by atoms with van der Waals surface area (Å²) >= 11 is 0. The lowest BCUT2D eigenvalue weighted by molar-refractivity contribution is 0.536. The Morgan fingerprint density at radius 1 is 1.21 bits per heavy atom. The summed E-state index contributed by atoms with van der Waals surface area (Å²) in [5, 5.41) is 3.37. The second kappa shape index (κ2) is 5.03. The Labute approximate surface area is 113 Å². The number of rotatable bonds is 3. The number of fused-ring (bicyclic) bond motifs is 1. The minimum Gasteiger partial charge on any atom is -0.381 e. The summed E-state index contributed by atoms with van der Waals surface area (Å²) in [5.41, 5.74) is 7.70. The van der Waals surface area contributed by atoms with Crippen LogP contribution in [0, 0.1) is 11.8 Å². The van der Waals surface area contributed by atoms with Gasteiger partial charge in [-0.3, -0.25) is 0 Å². The number of hydrogen-bond donors (Lipinski definition) is 2. The smallest absolute Gasteiger partial charge is 0.169 e. The molecule has 0 bridgehead atoms. The Balaban J connectivity index is 1.75. The molecule has 4 heteroatoms. The maximum Gasteiger partial charge on any atom is 0.169 e. The third-order valence-electron chi connectivity index (χ3n) is 3.96. The van der Waals surface area contributed by atoms with Crippen molar-refractivity contribution < 1.29 is 0 Å². The van der Waals surface area contributed by atoms with E-state index in [1.54, 1.807) is 0 Å². The first kappa shape index (κ1) is 12.2. The zero-order chi connectivity index (χ0) is 13.2. The highest BCUT2D eigenvalue weighted by atomic mass is 15.1. The van der Waals surface area contributed by atoms with E-state index in [9.17, 15) is 0 Å². The molecule has 100 valence electrons. The van der Waals surface area contributed by atoms with Crippen LogP contribution in [0.15, 0.2) is 24.3 Å². The van der Waals surface area contributed by atoms with Crippen LogP contribution >= 0.6 is 0 Å². The highest BCUT2D eigenvalue weighted by Gasteiger charge is 2.21. The van der Waals surface area contributed by atoms with Gasteiger partial charge >= 0.3 is 0 Å². The largest absolute Gasteiger partial charge is 0.381 e. The molecule has 1 heterocycles. The molecule has 19 heavy (non-hydrogen) atoms. The van der Waals surface area contributed by atoms with Gasteiger partial charge in [-0.2, -0.15) is 0 Å². The predicted octanol–water partition coefficient (Wildman–Crippen LogP) is 3.06. The molecular weight excluding hydrogens is 236 g/mol. The quantitative estimate of drug-likeness (QED) is 0.886. The molecular formula is C15H20N4. The number of para-hydroxylation sites is 2. The van der Waals surface area contributed by atoms with E-state index in [4.69, 9.17) is 5.73 Å². The molecule has 3 rings (SSSR count). The molecule has 0 saturated heterocycles. The van der Waals surface area contributed by atoms with E-state index in [2.05, 4.69) is 22.2 Å². The van der Waals surface area contributed by atoms with Gasteiger partial charge in [0.05, 0.1) is 11.0 Å². The molecule has 3 N–H and O–H groups in total. The summed E-state index contributed by atoms with van der Waals surface area (Å²) in [4.78, 5) is 8.94. The molecule has 0 radical (unpaired) electrons. The van der Waals surface area contributed by atoms with Crippen molar-refractivity contribution in [1.82, 2.24) is 9.97 Å². The molecule has 1 saturated carbocycles. The molecule has 4 nitrogen and oxygen atoms in total. The van der Waals surface area contributed by atoms with Crippen LogP contribution in [-0.4, -0.2) is 16.5 Å². The highest BCUT2D eigenvalue weighted by Crippen LogP contribution is 2.30. The summed E-state index contributed by atoms with van der Waals surface area (Å²) in [6.45, 7) is 3.27. The van der Waals surface area contributed by atoms with Gasteiger partial charge in [0, 0.05) is 6.54 Å². The Hall–Kier alpha value is -1.84. The number of benzene rings is 1. The number of nitrogens with zero attached hydrogens (tertiary/aromatic N) is 2. The number of nitrogens with two attached hydrogens (primary N) is 1. The molecule has 2 atom stereocenters. The lowest BCUT2D eigenvalue weighted by atomic mass is 10.1. The summed E-state index contributed by atoms with van der Waals surface area (Å²) in [6.07, 6.45) is 3.94. The van der Waals surface area contributed by atoms with E-state index in [1.165, 1.54) is 19.3 Å². The minimum absolute atomic E-state index is 0.491. The zero-order valence-electron chi connectivity index (χ0n) is 11.3. The molecule has 1 aliphatic carbocycles. The van der Waals surface area contributed by atoms with Gasteiger partial charge in [0.25, 0.3) is 0 Å². The van der Waals surface area contributed by atoms with Gasteiger partial charge in [-0.05, 0) is 36.8 Å². The van der Waals surface area contributed by atoms with Crippen molar-refractivity contribution >= 4 is 22.7 Å². The normalized spacial score (nSPS) is 22.8. The number of hydrogen-bond acceptors (Lipinski definition) is 4. The van der Waals surface area contributed by atoms with Crippen molar-refractivity contribution in [3.05, 3.63) is 24.3 Å². The number of anilines is 2. The Morgan fingerprint density at radius 2 is 1.95 bits per heavy atom. The second-order valence-electron chi connectivity index (χ2n) is 5.61. The number of nitrogen functional groups attached to an aromatic ring is 1. The van der Waals surface area contributed by atoms with Gasteiger partial charge in [-0.15, -0.1) is 0 Å². The number of nitrogens with one attached hydrogen (secondary N) is 1. The zero-order valence-corrected chi connectivity index (χ0v) is 11.3. The standard InChI is InChI=1S/C15H20N4/c1-10-6-7-11(8-10)9-17-15-14(16)18-12-4-2-3-5-13(12)19-15/h2-5,10-11H,6-9H2,1H3,(H2,16,18)(H,17,19). The van der Waals surface area contributed by atoms with E-state index >= 15 is 0 Å². The van der Waals surface area contributed by atoms with Crippen LogP contribution in [-0.2, 0) is 0 Å². The maximum atomic E-state index is 5.96. The van der Waals surface area contributed by atoms with Crippen molar-refractivity contribution in [2.24, 2.45) is 11.8 Å². The lowest BCUT2D eigenvalue weighted by Crippen LogP contribution is -2.14. The average molecular weight is 256 g/mol. The third-order valence-corrected chi connectivity index (χ3v) is 3.96. The summed E-state index contributed by atoms with van der Waals surface area (Å²) < 4.78 is 0. The number of aromatic nitrogens is 2. The SMILES string of the molecule is CC1CCC(CNc2nc3ccccc3nc2N)C1. The van der Waals surface area contributed by atoms with Crippen LogP contribution in [0.2, 0.25) is 0 Å². The van der Waals surface area contributed by atoms with Gasteiger partial charge < -0.3 is 11.1 Å². The topological polar surface area (TPSA) is 63.8 Å². The third kappa shape index (κ3) is 2.62. The Morgan fingerprint density at radius 3 is 2.63 bits per heavy atom. The highest BCUT2D eigenvalue weighted by molar-refractivity contribution is 5.79. The fourth-order valence-corrected chi connectivity index (χ4v) is 2.90. The van der Waals surface area contributed by atoms with Crippen LogP contribution in [0.25, 0.3) is 11.0 Å². The van der Waals surface area contributed by atoms with Crippen molar-refractivity contribution in [3.8, 4) is 0 Å².